The second kappa shape index (κ2) is 15.7. The summed E-state index contributed by atoms with van der Waals surface area (Å²) >= 11 is 0. The van der Waals surface area contributed by atoms with Gasteiger partial charge in [-0.1, -0.05) is 113 Å². The van der Waals surface area contributed by atoms with Crippen LogP contribution in [0, 0.1) is 36.2 Å². The smallest absolute Gasteiger partial charge is 0.268 e. The standard InChI is InChI=1S/C47H45N5O.Pt/c1-31(2)19-34-17-18-49-47(25-34)52-43-12-8-7-11-41(43)42-16-15-39(27-46(42)52)53-40-26-38(28-48-29-40)51-30-50(44-13-9-10-14-45(44)51)37-23-35(20-32(3)4)22-36(24-37)21-33(5)6;/h7-18,22-25,28-29,31-33H,19-21H2,1-6H3;/q-2;/i19D2,20D2,21D2;. The molecule has 8 rings (SSSR count). The van der Waals surface area contributed by atoms with Crippen molar-refractivity contribution in [2.45, 2.75) is 60.7 Å². The average Bonchev–Trinajstić information content (AvgIpc) is 3.77. The molecule has 4 aromatic heterocycles. The Kier molecular flexibility index (Phi) is 8.82. The normalized spacial score (nSPS) is 14.2. The largest absolute Gasteiger partial charge is 0.508 e. The second-order valence-electron chi connectivity index (χ2n) is 14.1. The van der Waals surface area contributed by atoms with Crippen LogP contribution in [0.15, 0.2) is 110 Å². The van der Waals surface area contributed by atoms with Gasteiger partial charge in [0.25, 0.3) is 6.33 Å². The van der Waals surface area contributed by atoms with Gasteiger partial charge in [0.1, 0.15) is 5.82 Å². The van der Waals surface area contributed by atoms with Crippen molar-refractivity contribution in [2.24, 2.45) is 17.8 Å². The summed E-state index contributed by atoms with van der Waals surface area (Å²) in [5.74, 6) is 0.401. The maximum atomic E-state index is 8.95. The third-order valence-electron chi connectivity index (χ3n) is 8.74. The molecular weight excluding hydrogens is 846 g/mol. The zero-order valence-electron chi connectivity index (χ0n) is 37.1. The minimum Gasteiger partial charge on any atom is -0.508 e. The first-order chi connectivity index (χ1) is 28.0. The Balaban J connectivity index is 0.00000544. The summed E-state index contributed by atoms with van der Waals surface area (Å²) in [5, 5.41) is 1.94. The molecule has 0 aliphatic carbocycles. The van der Waals surface area contributed by atoms with Crippen molar-refractivity contribution in [3.8, 4) is 28.7 Å². The summed E-state index contributed by atoms with van der Waals surface area (Å²) in [6, 6.07) is 35.1. The van der Waals surface area contributed by atoms with E-state index in [0.29, 0.717) is 45.4 Å². The number of ether oxygens (including phenoxy) is 1. The number of rotatable bonds is 11. The van der Waals surface area contributed by atoms with Crippen LogP contribution >= 0.6 is 0 Å². The summed E-state index contributed by atoms with van der Waals surface area (Å²) < 4.78 is 65.3. The van der Waals surface area contributed by atoms with Crippen molar-refractivity contribution < 1.29 is 38.6 Å². The van der Waals surface area contributed by atoms with Gasteiger partial charge in [0.05, 0.1) is 16.7 Å². The Bertz CT molecular complexity index is 2830. The molecular formula is C47H45N5OPt-2. The van der Waals surface area contributed by atoms with Gasteiger partial charge < -0.3 is 18.9 Å². The Morgan fingerprint density at radius 2 is 1.39 bits per heavy atom. The van der Waals surface area contributed by atoms with Crippen molar-refractivity contribution in [2.75, 3.05) is 0 Å². The first-order valence-electron chi connectivity index (χ1n) is 21.1. The van der Waals surface area contributed by atoms with E-state index in [0.717, 1.165) is 32.8 Å². The Hall–Kier alpha value is -5.06. The molecule has 0 bridgehead atoms. The minimum absolute atomic E-state index is 0. The quantitative estimate of drug-likeness (QED) is 0.0960. The van der Waals surface area contributed by atoms with E-state index in [1.54, 1.807) is 48.9 Å². The van der Waals surface area contributed by atoms with Crippen LogP contribution in [0.2, 0.25) is 0 Å². The molecule has 4 aromatic carbocycles. The molecule has 0 spiro atoms. The number of hydrogen-bond acceptors (Lipinski definition) is 3. The average molecular weight is 897 g/mol. The fourth-order valence-corrected chi connectivity index (χ4v) is 6.79. The van der Waals surface area contributed by atoms with Gasteiger partial charge in [0, 0.05) is 52.5 Å². The van der Waals surface area contributed by atoms with Crippen molar-refractivity contribution in [1.29, 1.82) is 0 Å². The summed E-state index contributed by atoms with van der Waals surface area (Å²) in [4.78, 5) is 9.20. The zero-order chi connectivity index (χ0) is 42.0. The third kappa shape index (κ3) is 7.63. The summed E-state index contributed by atoms with van der Waals surface area (Å²) in [7, 11) is 0. The molecule has 0 fully saturated rings. The summed E-state index contributed by atoms with van der Waals surface area (Å²) in [6.45, 7) is 11.0. The van der Waals surface area contributed by atoms with Gasteiger partial charge in [-0.15, -0.1) is 23.6 Å². The van der Waals surface area contributed by atoms with Crippen LogP contribution in [0.1, 0.15) is 66.5 Å². The van der Waals surface area contributed by atoms with Crippen LogP contribution in [0.3, 0.4) is 0 Å². The number of fused-ring (bicyclic) bond motifs is 4. The topological polar surface area (TPSA) is 48.8 Å². The fourth-order valence-electron chi connectivity index (χ4n) is 6.79. The zero-order valence-corrected chi connectivity index (χ0v) is 33.4. The van der Waals surface area contributed by atoms with Crippen LogP contribution < -0.4 is 9.30 Å². The van der Waals surface area contributed by atoms with Gasteiger partial charge in [-0.25, -0.2) is 4.98 Å². The van der Waals surface area contributed by atoms with Crippen LogP contribution in [0.25, 0.3) is 50.0 Å². The van der Waals surface area contributed by atoms with Crippen LogP contribution in [0.4, 0.5) is 0 Å². The van der Waals surface area contributed by atoms with Crippen LogP contribution in [-0.4, -0.2) is 19.1 Å². The molecule has 54 heavy (non-hydrogen) atoms. The molecule has 0 saturated heterocycles. The maximum Gasteiger partial charge on any atom is 0.268 e. The molecule has 276 valence electrons. The number of benzene rings is 4. The SMILES string of the molecule is [2H]C([2H])(c1cc(-[n+]2[c-]n(-c3[c-]c(Oc4[c-]c5c(cc4)c4ccccc4n5-c4cc(C([2H])([2H])C(C)C)ccn4)cnc3)c3ccccc32)cc(C([2H])([2H])C(C)C)c1)C(C)C.[Pt]. The molecule has 0 radical (unpaired) electrons. The van der Waals surface area contributed by atoms with Gasteiger partial charge in [-0.05, 0) is 90.0 Å². The molecule has 0 aliphatic rings. The first-order valence-corrected chi connectivity index (χ1v) is 18.1. The molecule has 0 N–H and O–H groups in total. The van der Waals surface area contributed by atoms with E-state index in [1.165, 1.54) is 0 Å². The van der Waals surface area contributed by atoms with Gasteiger partial charge in [-0.3, -0.25) is 4.57 Å². The van der Waals surface area contributed by atoms with E-state index in [9.17, 15) is 0 Å². The molecule has 0 unspecified atom stereocenters. The Morgan fingerprint density at radius 1 is 0.704 bits per heavy atom. The molecule has 0 atom stereocenters. The van der Waals surface area contributed by atoms with E-state index < -0.39 is 19.1 Å². The predicted octanol–water partition coefficient (Wildman–Crippen LogP) is 10.6. The van der Waals surface area contributed by atoms with E-state index in [-0.39, 0.29) is 38.8 Å². The molecule has 4 heterocycles. The summed E-state index contributed by atoms with van der Waals surface area (Å²) in [5.41, 5.74) is 5.65. The monoisotopic (exact) mass is 896 g/mol. The number of imidazole rings is 1. The Morgan fingerprint density at radius 3 is 2.13 bits per heavy atom. The minimum atomic E-state index is -1.71. The van der Waals surface area contributed by atoms with E-state index >= 15 is 0 Å². The number of nitrogens with zero attached hydrogens (tertiary/aromatic N) is 5. The molecule has 0 amide bonds. The molecule has 7 heteroatoms. The first kappa shape index (κ1) is 30.3. The van der Waals surface area contributed by atoms with Crippen molar-refractivity contribution in [1.82, 2.24) is 19.1 Å². The van der Waals surface area contributed by atoms with Gasteiger partial charge in [-0.2, -0.15) is 6.07 Å². The second-order valence-corrected chi connectivity index (χ2v) is 14.1. The van der Waals surface area contributed by atoms with Crippen molar-refractivity contribution >= 4 is 32.8 Å². The molecule has 0 saturated carbocycles. The number of aromatic nitrogens is 5. The predicted molar refractivity (Wildman–Crippen MR) is 213 cm³/mol. The molecule has 0 aliphatic heterocycles. The summed E-state index contributed by atoms with van der Waals surface area (Å²) in [6.07, 6.45) is 3.35. The van der Waals surface area contributed by atoms with Crippen LogP contribution in [0.5, 0.6) is 11.5 Å². The van der Waals surface area contributed by atoms with Crippen molar-refractivity contribution in [3.05, 3.63) is 145 Å². The van der Waals surface area contributed by atoms with E-state index in [2.05, 4.69) is 28.4 Å². The van der Waals surface area contributed by atoms with E-state index in [4.69, 9.17) is 13.0 Å². The van der Waals surface area contributed by atoms with E-state index in [1.807, 2.05) is 116 Å². The third-order valence-corrected chi connectivity index (χ3v) is 8.74. The molecule has 6 nitrogen and oxygen atoms in total. The Labute approximate surface area is 341 Å². The number of para-hydroxylation sites is 3. The van der Waals surface area contributed by atoms with Gasteiger partial charge in [0.15, 0.2) is 0 Å². The molecule has 8 aromatic rings. The van der Waals surface area contributed by atoms with Crippen LogP contribution in [-0.2, 0) is 40.2 Å². The number of pyridine rings is 2. The van der Waals surface area contributed by atoms with Gasteiger partial charge in [0.2, 0.25) is 0 Å². The van der Waals surface area contributed by atoms with Crippen molar-refractivity contribution in [3.63, 3.8) is 0 Å². The number of hydrogen-bond donors (Lipinski definition) is 0. The maximum absolute atomic E-state index is 8.95. The fraction of sp³-hybridized carbons (Fsp3) is 0.255. The van der Waals surface area contributed by atoms with Gasteiger partial charge >= 0.3 is 0 Å².